The zero-order valence-electron chi connectivity index (χ0n) is 18.9. The lowest BCUT2D eigenvalue weighted by Crippen LogP contribution is -2.36. The molecule has 2 heterocycles. The van der Waals surface area contributed by atoms with Crippen molar-refractivity contribution in [3.63, 3.8) is 0 Å². The second-order valence-corrected chi connectivity index (χ2v) is 8.99. The van der Waals surface area contributed by atoms with Crippen LogP contribution in [0, 0.1) is 0 Å². The Morgan fingerprint density at radius 3 is 2.62 bits per heavy atom. The molecule has 1 aliphatic rings. The molecular weight excluding hydrogens is 446 g/mol. The molecule has 0 N–H and O–H groups in total. The summed E-state index contributed by atoms with van der Waals surface area (Å²) in [6, 6.07) is 22.7. The molecule has 0 unspecified atom stereocenters. The van der Waals surface area contributed by atoms with Crippen molar-refractivity contribution in [2.75, 3.05) is 23.8 Å². The van der Waals surface area contributed by atoms with E-state index >= 15 is 0 Å². The number of hydrogen-bond donors (Lipinski definition) is 0. The molecule has 0 radical (unpaired) electrons. The minimum atomic E-state index is -0.159. The summed E-state index contributed by atoms with van der Waals surface area (Å²) < 4.78 is 7.13. The molecule has 0 bridgehead atoms. The maximum Gasteiger partial charge on any atom is 0.266 e. The Labute approximate surface area is 202 Å². The Hall–Kier alpha value is -3.58. The summed E-state index contributed by atoms with van der Waals surface area (Å²) in [5.74, 6) is 0.940. The van der Waals surface area contributed by atoms with Gasteiger partial charge in [0, 0.05) is 12.2 Å². The van der Waals surface area contributed by atoms with Gasteiger partial charge < -0.3 is 9.64 Å². The van der Waals surface area contributed by atoms with E-state index in [1.54, 1.807) is 10.6 Å². The van der Waals surface area contributed by atoms with E-state index in [0.29, 0.717) is 34.9 Å². The molecule has 7 heteroatoms. The zero-order chi connectivity index (χ0) is 23.5. The number of aromatic nitrogens is 2. The molecule has 0 saturated carbocycles. The van der Waals surface area contributed by atoms with Crippen molar-refractivity contribution in [1.29, 1.82) is 0 Å². The summed E-state index contributed by atoms with van der Waals surface area (Å²) in [6.07, 6.45) is 1.93. The molecule has 5 rings (SSSR count). The van der Waals surface area contributed by atoms with Gasteiger partial charge in [0.1, 0.15) is 5.75 Å². The van der Waals surface area contributed by atoms with Crippen LogP contribution in [0.15, 0.2) is 82.7 Å². The Kier molecular flexibility index (Phi) is 6.36. The Morgan fingerprint density at radius 2 is 1.79 bits per heavy atom. The first-order valence-electron chi connectivity index (χ1n) is 11.4. The van der Waals surface area contributed by atoms with Crippen molar-refractivity contribution in [1.82, 2.24) is 9.55 Å². The molecule has 0 saturated heterocycles. The van der Waals surface area contributed by atoms with Crippen LogP contribution < -0.4 is 15.2 Å². The molecule has 1 aliphatic heterocycles. The molecule has 4 aromatic rings. The first-order valence-corrected chi connectivity index (χ1v) is 12.4. The summed E-state index contributed by atoms with van der Waals surface area (Å²) in [5, 5.41) is 1.03. The predicted octanol–water partition coefficient (Wildman–Crippen LogP) is 4.86. The van der Waals surface area contributed by atoms with E-state index in [0.717, 1.165) is 24.3 Å². The van der Waals surface area contributed by atoms with Crippen molar-refractivity contribution in [2.45, 2.75) is 24.9 Å². The summed E-state index contributed by atoms with van der Waals surface area (Å²) >= 11 is 1.29. The van der Waals surface area contributed by atoms with Crippen LogP contribution in [0.4, 0.5) is 5.69 Å². The number of ether oxygens (including phenoxy) is 1. The van der Waals surface area contributed by atoms with E-state index in [2.05, 4.69) is 6.07 Å². The van der Waals surface area contributed by atoms with Crippen LogP contribution in [0.1, 0.15) is 18.9 Å². The normalized spacial score (nSPS) is 13.0. The number of aryl methyl sites for hydroxylation is 1. The molecule has 1 aromatic heterocycles. The summed E-state index contributed by atoms with van der Waals surface area (Å²) in [6.45, 7) is 3.20. The molecule has 1 amide bonds. The van der Waals surface area contributed by atoms with Gasteiger partial charge in [0.15, 0.2) is 5.16 Å². The van der Waals surface area contributed by atoms with Crippen LogP contribution in [0.5, 0.6) is 5.75 Å². The fourth-order valence-electron chi connectivity index (χ4n) is 4.29. The number of carbonyl (C=O) groups excluding carboxylic acids is 1. The van der Waals surface area contributed by atoms with Crippen LogP contribution in [0.3, 0.4) is 0 Å². The number of anilines is 1. The monoisotopic (exact) mass is 471 g/mol. The number of thioether (sulfide) groups is 1. The summed E-state index contributed by atoms with van der Waals surface area (Å²) in [7, 11) is 0. The zero-order valence-corrected chi connectivity index (χ0v) is 19.8. The number of benzene rings is 3. The maximum atomic E-state index is 13.5. The Balaban J connectivity index is 1.49. The molecule has 0 aliphatic carbocycles. The van der Waals surface area contributed by atoms with Gasteiger partial charge in [-0.2, -0.15) is 0 Å². The number of fused-ring (bicyclic) bond motifs is 2. The number of rotatable bonds is 6. The molecule has 0 spiro atoms. The van der Waals surface area contributed by atoms with E-state index in [1.165, 1.54) is 17.3 Å². The molecule has 34 heavy (non-hydrogen) atoms. The van der Waals surface area contributed by atoms with Gasteiger partial charge in [0.2, 0.25) is 5.91 Å². The van der Waals surface area contributed by atoms with Gasteiger partial charge in [-0.1, -0.05) is 42.1 Å². The molecular formula is C27H25N3O3S. The molecule has 3 aromatic carbocycles. The highest BCUT2D eigenvalue weighted by atomic mass is 32.2. The molecule has 0 fully saturated rings. The lowest BCUT2D eigenvalue weighted by atomic mass is 10.0. The minimum Gasteiger partial charge on any atom is -0.494 e. The van der Waals surface area contributed by atoms with Gasteiger partial charge in [-0.15, -0.1) is 0 Å². The molecule has 172 valence electrons. The third kappa shape index (κ3) is 4.31. The summed E-state index contributed by atoms with van der Waals surface area (Å²) in [5.41, 5.74) is 3.32. The fraction of sp³-hybridized carbons (Fsp3) is 0.222. The van der Waals surface area contributed by atoms with E-state index in [-0.39, 0.29) is 17.2 Å². The fourth-order valence-corrected chi connectivity index (χ4v) is 5.18. The van der Waals surface area contributed by atoms with E-state index in [9.17, 15) is 9.59 Å². The average Bonchev–Trinajstić information content (AvgIpc) is 2.88. The van der Waals surface area contributed by atoms with Crippen LogP contribution in [-0.2, 0) is 11.2 Å². The smallest absolute Gasteiger partial charge is 0.266 e. The van der Waals surface area contributed by atoms with Crippen molar-refractivity contribution in [3.8, 4) is 11.4 Å². The van der Waals surface area contributed by atoms with Crippen molar-refractivity contribution in [2.24, 2.45) is 0 Å². The third-order valence-corrected chi connectivity index (χ3v) is 6.81. The Morgan fingerprint density at radius 1 is 1.03 bits per heavy atom. The third-order valence-electron chi connectivity index (χ3n) is 5.89. The van der Waals surface area contributed by atoms with Crippen LogP contribution in [-0.4, -0.2) is 34.4 Å². The molecule has 0 atom stereocenters. The van der Waals surface area contributed by atoms with Gasteiger partial charge in [-0.05, 0) is 67.8 Å². The Bertz CT molecular complexity index is 1400. The largest absolute Gasteiger partial charge is 0.494 e. The van der Waals surface area contributed by atoms with Gasteiger partial charge >= 0.3 is 0 Å². The highest BCUT2D eigenvalue weighted by Crippen LogP contribution is 2.29. The topological polar surface area (TPSA) is 64.4 Å². The van der Waals surface area contributed by atoms with Crippen LogP contribution >= 0.6 is 11.8 Å². The van der Waals surface area contributed by atoms with Crippen molar-refractivity contribution >= 4 is 34.3 Å². The number of carbonyl (C=O) groups is 1. The number of amides is 1. The standard InChI is InChI=1S/C27H25N3O3S/c1-2-33-21-15-13-20(14-16-21)30-26(32)22-10-4-5-11-23(22)28-27(30)34-18-25(31)29-17-7-9-19-8-3-6-12-24(19)29/h3-6,8,10-16H,2,7,9,17-18H2,1H3. The first-order chi connectivity index (χ1) is 16.7. The van der Waals surface area contributed by atoms with Gasteiger partial charge in [0.25, 0.3) is 5.56 Å². The number of hydrogen-bond acceptors (Lipinski definition) is 5. The second-order valence-electron chi connectivity index (χ2n) is 8.05. The highest BCUT2D eigenvalue weighted by Gasteiger charge is 2.23. The van der Waals surface area contributed by atoms with Crippen LogP contribution in [0.25, 0.3) is 16.6 Å². The van der Waals surface area contributed by atoms with E-state index in [4.69, 9.17) is 9.72 Å². The van der Waals surface area contributed by atoms with Gasteiger partial charge in [-0.25, -0.2) is 4.98 Å². The van der Waals surface area contributed by atoms with Gasteiger partial charge in [0.05, 0.1) is 29.0 Å². The predicted molar refractivity (Wildman–Crippen MR) is 136 cm³/mol. The van der Waals surface area contributed by atoms with E-state index < -0.39 is 0 Å². The SMILES string of the molecule is CCOc1ccc(-n2c(SCC(=O)N3CCCc4ccccc43)nc3ccccc3c2=O)cc1. The average molecular weight is 472 g/mol. The lowest BCUT2D eigenvalue weighted by Gasteiger charge is -2.29. The van der Waals surface area contributed by atoms with Gasteiger partial charge in [-0.3, -0.25) is 14.2 Å². The number of nitrogens with zero attached hydrogens (tertiary/aromatic N) is 3. The quantitative estimate of drug-likeness (QED) is 0.297. The van der Waals surface area contributed by atoms with Crippen molar-refractivity contribution < 1.29 is 9.53 Å². The maximum absolute atomic E-state index is 13.5. The highest BCUT2D eigenvalue weighted by molar-refractivity contribution is 7.99. The van der Waals surface area contributed by atoms with Crippen LogP contribution in [0.2, 0.25) is 0 Å². The lowest BCUT2D eigenvalue weighted by molar-refractivity contribution is -0.116. The summed E-state index contributed by atoms with van der Waals surface area (Å²) in [4.78, 5) is 33.3. The second kappa shape index (κ2) is 9.73. The molecule has 6 nitrogen and oxygen atoms in total. The van der Waals surface area contributed by atoms with Crippen molar-refractivity contribution in [3.05, 3.63) is 88.7 Å². The van der Waals surface area contributed by atoms with E-state index in [1.807, 2.05) is 72.5 Å². The number of para-hydroxylation sites is 2. The minimum absolute atomic E-state index is 0.0119. The first kappa shape index (κ1) is 22.2.